The van der Waals surface area contributed by atoms with Crippen LogP contribution in [-0.2, 0) is 4.79 Å². The quantitative estimate of drug-likeness (QED) is 0.604. The van der Waals surface area contributed by atoms with E-state index in [1.807, 2.05) is 42.5 Å². The first-order valence-corrected chi connectivity index (χ1v) is 11.3. The van der Waals surface area contributed by atoms with Crippen molar-refractivity contribution in [1.29, 1.82) is 0 Å². The maximum absolute atomic E-state index is 12.6. The van der Waals surface area contributed by atoms with Gasteiger partial charge in [-0.05, 0) is 31.3 Å². The topological polar surface area (TPSA) is 48.5 Å². The van der Waals surface area contributed by atoms with Gasteiger partial charge in [0.05, 0.1) is 32.4 Å². The number of halogens is 1. The summed E-state index contributed by atoms with van der Waals surface area (Å²) in [5, 5.41) is 3.71. The molecule has 1 saturated heterocycles. The number of fused-ring (bicyclic) bond motifs is 1. The van der Waals surface area contributed by atoms with Gasteiger partial charge in [0.1, 0.15) is 0 Å². The standard InChI is InChI=1S/C20H21ClN4OS2/c1-24-9-11-25(12-10-24)19-14(21)5-4-7-16(19)22-18(26)13-27-20-23-15-6-2-3-8-17(15)28-20/h2-8H,9-13H2,1H3,(H,22,26). The number of benzene rings is 2. The van der Waals surface area contributed by atoms with Crippen molar-refractivity contribution in [2.45, 2.75) is 4.34 Å². The van der Waals surface area contributed by atoms with E-state index in [9.17, 15) is 4.79 Å². The van der Waals surface area contributed by atoms with E-state index >= 15 is 0 Å². The van der Waals surface area contributed by atoms with Crippen LogP contribution in [-0.4, -0.2) is 54.8 Å². The first-order valence-electron chi connectivity index (χ1n) is 9.10. The maximum atomic E-state index is 12.6. The van der Waals surface area contributed by atoms with E-state index < -0.39 is 0 Å². The van der Waals surface area contributed by atoms with Gasteiger partial charge in [-0.3, -0.25) is 4.79 Å². The zero-order chi connectivity index (χ0) is 19.5. The number of nitrogens with zero attached hydrogens (tertiary/aromatic N) is 3. The Balaban J connectivity index is 1.43. The molecule has 146 valence electrons. The first-order chi connectivity index (χ1) is 13.6. The third-order valence-corrected chi connectivity index (χ3v) is 7.17. The van der Waals surface area contributed by atoms with E-state index in [4.69, 9.17) is 11.6 Å². The van der Waals surface area contributed by atoms with Crippen LogP contribution in [0.2, 0.25) is 5.02 Å². The van der Waals surface area contributed by atoms with E-state index in [1.165, 1.54) is 11.8 Å². The number of anilines is 2. The second-order valence-corrected chi connectivity index (χ2v) is 9.37. The van der Waals surface area contributed by atoms with Gasteiger partial charge in [0.2, 0.25) is 5.91 Å². The predicted octanol–water partition coefficient (Wildman–Crippen LogP) is 4.43. The zero-order valence-corrected chi connectivity index (χ0v) is 17.9. The van der Waals surface area contributed by atoms with Crippen molar-refractivity contribution in [3.05, 3.63) is 47.5 Å². The summed E-state index contributed by atoms with van der Waals surface area (Å²) in [5.74, 6) is 0.260. The molecule has 0 radical (unpaired) electrons. The molecule has 1 aromatic heterocycles. The molecule has 0 atom stereocenters. The van der Waals surface area contributed by atoms with Gasteiger partial charge in [-0.2, -0.15) is 0 Å². The number of piperazine rings is 1. The van der Waals surface area contributed by atoms with Gasteiger partial charge in [0.15, 0.2) is 4.34 Å². The second kappa shape index (κ2) is 8.69. The molecule has 5 nitrogen and oxygen atoms in total. The molecule has 0 bridgehead atoms. The number of amides is 1. The van der Waals surface area contributed by atoms with Crippen LogP contribution in [0.3, 0.4) is 0 Å². The SMILES string of the molecule is CN1CCN(c2c(Cl)cccc2NC(=O)CSc2nc3ccccc3s2)CC1. The van der Waals surface area contributed by atoms with E-state index in [0.717, 1.165) is 52.1 Å². The Kier molecular flexibility index (Phi) is 6.06. The minimum Gasteiger partial charge on any atom is -0.366 e. The summed E-state index contributed by atoms with van der Waals surface area (Å²) in [4.78, 5) is 21.7. The molecule has 0 saturated carbocycles. The highest BCUT2D eigenvalue weighted by Crippen LogP contribution is 2.35. The number of hydrogen-bond acceptors (Lipinski definition) is 6. The van der Waals surface area contributed by atoms with Crippen LogP contribution < -0.4 is 10.2 Å². The van der Waals surface area contributed by atoms with Crippen molar-refractivity contribution in [1.82, 2.24) is 9.88 Å². The number of thioether (sulfide) groups is 1. The normalized spacial score (nSPS) is 15.1. The van der Waals surface area contributed by atoms with Crippen LogP contribution in [0.4, 0.5) is 11.4 Å². The minimum absolute atomic E-state index is 0.0538. The molecule has 3 aromatic rings. The Morgan fingerprint density at radius 2 is 1.96 bits per heavy atom. The molecule has 2 heterocycles. The first kappa shape index (κ1) is 19.5. The van der Waals surface area contributed by atoms with Crippen LogP contribution in [0, 0.1) is 0 Å². The van der Waals surface area contributed by atoms with Crippen LogP contribution in [0.15, 0.2) is 46.8 Å². The molecule has 0 spiro atoms. The molecule has 1 aliphatic heterocycles. The Bertz CT molecular complexity index is 952. The monoisotopic (exact) mass is 432 g/mol. The predicted molar refractivity (Wildman–Crippen MR) is 120 cm³/mol. The van der Waals surface area contributed by atoms with Crippen molar-refractivity contribution in [3.63, 3.8) is 0 Å². The van der Waals surface area contributed by atoms with Gasteiger partial charge >= 0.3 is 0 Å². The number of nitrogens with one attached hydrogen (secondary N) is 1. The zero-order valence-electron chi connectivity index (χ0n) is 15.5. The Hall–Kier alpha value is -1.80. The number of carbonyl (C=O) groups excluding carboxylic acids is 1. The number of carbonyl (C=O) groups is 1. The lowest BCUT2D eigenvalue weighted by atomic mass is 10.2. The van der Waals surface area contributed by atoms with Crippen molar-refractivity contribution in [3.8, 4) is 0 Å². The van der Waals surface area contributed by atoms with E-state index in [2.05, 4.69) is 27.1 Å². The van der Waals surface area contributed by atoms with Crippen molar-refractivity contribution < 1.29 is 4.79 Å². The fourth-order valence-corrected chi connectivity index (χ4v) is 5.36. The lowest BCUT2D eigenvalue weighted by Gasteiger charge is -2.35. The van der Waals surface area contributed by atoms with Crippen LogP contribution >= 0.6 is 34.7 Å². The molecule has 1 N–H and O–H groups in total. The molecular formula is C20H21ClN4OS2. The molecule has 1 aliphatic rings. The molecule has 1 fully saturated rings. The molecule has 2 aromatic carbocycles. The molecule has 0 aliphatic carbocycles. The lowest BCUT2D eigenvalue weighted by Crippen LogP contribution is -2.44. The number of aromatic nitrogens is 1. The van der Waals surface area contributed by atoms with Gasteiger partial charge in [-0.25, -0.2) is 4.98 Å². The maximum Gasteiger partial charge on any atom is 0.234 e. The van der Waals surface area contributed by atoms with Crippen LogP contribution in [0.25, 0.3) is 10.2 Å². The van der Waals surface area contributed by atoms with E-state index in [-0.39, 0.29) is 5.91 Å². The molecular weight excluding hydrogens is 412 g/mol. The third-order valence-electron chi connectivity index (χ3n) is 4.68. The fraction of sp³-hybridized carbons (Fsp3) is 0.300. The smallest absolute Gasteiger partial charge is 0.234 e. The van der Waals surface area contributed by atoms with Gasteiger partial charge in [0, 0.05) is 26.2 Å². The highest BCUT2D eigenvalue weighted by atomic mass is 35.5. The van der Waals surface area contributed by atoms with Gasteiger partial charge < -0.3 is 15.1 Å². The summed E-state index contributed by atoms with van der Waals surface area (Å²) >= 11 is 9.55. The van der Waals surface area contributed by atoms with Crippen molar-refractivity contribution in [2.75, 3.05) is 49.2 Å². The van der Waals surface area contributed by atoms with Gasteiger partial charge in [-0.1, -0.05) is 41.6 Å². The second-order valence-electron chi connectivity index (χ2n) is 6.71. The summed E-state index contributed by atoms with van der Waals surface area (Å²) in [7, 11) is 2.12. The van der Waals surface area contributed by atoms with Crippen molar-refractivity contribution in [2.24, 2.45) is 0 Å². The summed E-state index contributed by atoms with van der Waals surface area (Å²) in [6.45, 7) is 3.74. The highest BCUT2D eigenvalue weighted by Gasteiger charge is 2.20. The third kappa shape index (κ3) is 4.43. The van der Waals surface area contributed by atoms with Crippen LogP contribution in [0.1, 0.15) is 0 Å². The van der Waals surface area contributed by atoms with E-state index in [0.29, 0.717) is 10.8 Å². The number of likely N-dealkylation sites (N-methyl/N-ethyl adjacent to an activating group) is 1. The molecule has 8 heteroatoms. The van der Waals surface area contributed by atoms with Gasteiger partial charge in [0.25, 0.3) is 0 Å². The van der Waals surface area contributed by atoms with Crippen molar-refractivity contribution >= 4 is 62.2 Å². The summed E-state index contributed by atoms with van der Waals surface area (Å²) < 4.78 is 2.04. The lowest BCUT2D eigenvalue weighted by molar-refractivity contribution is -0.113. The average molecular weight is 433 g/mol. The van der Waals surface area contributed by atoms with Gasteiger partial charge in [-0.15, -0.1) is 11.3 Å². The number of hydrogen-bond donors (Lipinski definition) is 1. The molecule has 4 rings (SSSR count). The molecule has 1 amide bonds. The minimum atomic E-state index is -0.0538. The van der Waals surface area contributed by atoms with E-state index in [1.54, 1.807) is 11.3 Å². The summed E-state index contributed by atoms with van der Waals surface area (Å²) in [5.41, 5.74) is 2.66. The number of para-hydroxylation sites is 2. The summed E-state index contributed by atoms with van der Waals surface area (Å²) in [6.07, 6.45) is 0. The number of rotatable bonds is 5. The van der Waals surface area contributed by atoms with Crippen LogP contribution in [0.5, 0.6) is 0 Å². The number of thiazole rings is 1. The Morgan fingerprint density at radius 1 is 1.18 bits per heavy atom. The Morgan fingerprint density at radius 3 is 2.75 bits per heavy atom. The fourth-order valence-electron chi connectivity index (χ4n) is 3.19. The highest BCUT2D eigenvalue weighted by molar-refractivity contribution is 8.01. The molecule has 0 unspecified atom stereocenters. The average Bonchev–Trinajstić information content (AvgIpc) is 3.11. The summed E-state index contributed by atoms with van der Waals surface area (Å²) in [6, 6.07) is 13.7. The Labute approximate surface area is 177 Å². The largest absolute Gasteiger partial charge is 0.366 e. The molecule has 28 heavy (non-hydrogen) atoms.